The van der Waals surface area contributed by atoms with Gasteiger partial charge in [-0.15, -0.1) is 24.0 Å². The highest BCUT2D eigenvalue weighted by Crippen LogP contribution is 2.14. The number of nitrogens with one attached hydrogen (secondary N) is 1. The summed E-state index contributed by atoms with van der Waals surface area (Å²) in [5.41, 5.74) is 8.89. The molecular formula is C16H18IN5. The summed E-state index contributed by atoms with van der Waals surface area (Å²) in [5, 5.41) is 3.06. The van der Waals surface area contributed by atoms with Gasteiger partial charge < -0.3 is 15.6 Å². The number of hydrogen-bond donors (Lipinski definition) is 2. The molecule has 3 rings (SSSR count). The van der Waals surface area contributed by atoms with E-state index in [2.05, 4.69) is 15.3 Å². The van der Waals surface area contributed by atoms with Gasteiger partial charge in [0.2, 0.25) is 0 Å². The number of para-hydroxylation sites is 3. The number of fused-ring (bicyclic) bond motifs is 1. The predicted octanol–water partition coefficient (Wildman–Crippen LogP) is 3.12. The minimum absolute atomic E-state index is 0. The number of guanidine groups is 1. The molecule has 0 radical (unpaired) electrons. The van der Waals surface area contributed by atoms with Crippen LogP contribution in [0, 0.1) is 0 Å². The number of hydrogen-bond acceptors (Lipinski definition) is 2. The fraction of sp³-hybridized carbons (Fsp3) is 0.125. The van der Waals surface area contributed by atoms with E-state index in [0.29, 0.717) is 12.5 Å². The summed E-state index contributed by atoms with van der Waals surface area (Å²) in [4.78, 5) is 8.91. The van der Waals surface area contributed by atoms with E-state index in [0.717, 1.165) is 22.5 Å². The van der Waals surface area contributed by atoms with Crippen molar-refractivity contribution in [2.45, 2.75) is 6.54 Å². The second-order valence-electron chi connectivity index (χ2n) is 4.77. The van der Waals surface area contributed by atoms with E-state index >= 15 is 0 Å². The first-order valence-corrected chi connectivity index (χ1v) is 6.76. The van der Waals surface area contributed by atoms with Crippen LogP contribution in [0.3, 0.4) is 0 Å². The van der Waals surface area contributed by atoms with E-state index < -0.39 is 0 Å². The second-order valence-corrected chi connectivity index (χ2v) is 4.77. The smallest absolute Gasteiger partial charge is 0.193 e. The maximum atomic E-state index is 5.90. The number of rotatable bonds is 3. The maximum absolute atomic E-state index is 5.90. The van der Waals surface area contributed by atoms with Gasteiger partial charge in [-0.05, 0) is 24.3 Å². The number of nitrogens with zero attached hydrogens (tertiary/aromatic N) is 3. The highest BCUT2D eigenvalue weighted by Gasteiger charge is 2.06. The van der Waals surface area contributed by atoms with Gasteiger partial charge in [0.05, 0.1) is 11.0 Å². The zero-order chi connectivity index (χ0) is 14.7. The van der Waals surface area contributed by atoms with Crippen LogP contribution in [0.4, 0.5) is 5.69 Å². The van der Waals surface area contributed by atoms with E-state index in [1.54, 1.807) is 0 Å². The number of halogens is 1. The molecule has 0 spiro atoms. The SMILES string of the molecule is Cn1c(CN=C(N)Nc2ccccc2)nc2ccccc21.I. The van der Waals surface area contributed by atoms with Crippen molar-refractivity contribution in [1.82, 2.24) is 9.55 Å². The average molecular weight is 407 g/mol. The van der Waals surface area contributed by atoms with Gasteiger partial charge in [-0.3, -0.25) is 0 Å². The van der Waals surface area contributed by atoms with Gasteiger partial charge in [0.25, 0.3) is 0 Å². The number of aromatic nitrogens is 2. The molecule has 1 aromatic heterocycles. The Labute approximate surface area is 146 Å². The van der Waals surface area contributed by atoms with E-state index in [-0.39, 0.29) is 24.0 Å². The largest absolute Gasteiger partial charge is 0.370 e. The summed E-state index contributed by atoms with van der Waals surface area (Å²) in [7, 11) is 1.99. The first-order valence-electron chi connectivity index (χ1n) is 6.76. The monoisotopic (exact) mass is 407 g/mol. The quantitative estimate of drug-likeness (QED) is 0.398. The molecule has 0 aliphatic rings. The minimum atomic E-state index is 0. The van der Waals surface area contributed by atoms with Crippen molar-refractivity contribution in [3.05, 3.63) is 60.4 Å². The molecule has 22 heavy (non-hydrogen) atoms. The molecule has 0 saturated carbocycles. The molecule has 1 heterocycles. The number of aryl methyl sites for hydroxylation is 1. The Morgan fingerprint density at radius 3 is 2.55 bits per heavy atom. The van der Waals surface area contributed by atoms with Crippen LogP contribution in [0.1, 0.15) is 5.82 Å². The zero-order valence-corrected chi connectivity index (χ0v) is 14.6. The van der Waals surface area contributed by atoms with Gasteiger partial charge in [-0.2, -0.15) is 0 Å². The van der Waals surface area contributed by atoms with Gasteiger partial charge in [-0.1, -0.05) is 30.3 Å². The summed E-state index contributed by atoms with van der Waals surface area (Å²) in [6.07, 6.45) is 0. The lowest BCUT2D eigenvalue weighted by Crippen LogP contribution is -2.22. The number of anilines is 1. The number of imidazole rings is 1. The van der Waals surface area contributed by atoms with E-state index in [1.807, 2.05) is 66.2 Å². The molecule has 0 aliphatic heterocycles. The minimum Gasteiger partial charge on any atom is -0.370 e. The lowest BCUT2D eigenvalue weighted by Gasteiger charge is -2.05. The maximum Gasteiger partial charge on any atom is 0.193 e. The van der Waals surface area contributed by atoms with Gasteiger partial charge >= 0.3 is 0 Å². The third kappa shape index (κ3) is 3.56. The zero-order valence-electron chi connectivity index (χ0n) is 12.2. The summed E-state index contributed by atoms with van der Waals surface area (Å²) in [5.74, 6) is 1.27. The third-order valence-electron chi connectivity index (χ3n) is 3.32. The van der Waals surface area contributed by atoms with E-state index in [4.69, 9.17) is 5.73 Å². The Hall–Kier alpha value is -2.09. The fourth-order valence-electron chi connectivity index (χ4n) is 2.20. The Morgan fingerprint density at radius 1 is 1.14 bits per heavy atom. The van der Waals surface area contributed by atoms with Crippen molar-refractivity contribution in [1.29, 1.82) is 0 Å². The number of nitrogens with two attached hydrogens (primary N) is 1. The summed E-state index contributed by atoms with van der Waals surface area (Å²) < 4.78 is 2.04. The average Bonchev–Trinajstić information content (AvgIpc) is 2.83. The molecule has 0 bridgehead atoms. The fourth-order valence-corrected chi connectivity index (χ4v) is 2.20. The van der Waals surface area contributed by atoms with Crippen LogP contribution in [0.25, 0.3) is 11.0 Å². The molecule has 0 fully saturated rings. The van der Waals surface area contributed by atoms with Gasteiger partial charge in [0.1, 0.15) is 12.4 Å². The predicted molar refractivity (Wildman–Crippen MR) is 102 cm³/mol. The van der Waals surface area contributed by atoms with Gasteiger partial charge in [-0.25, -0.2) is 9.98 Å². The van der Waals surface area contributed by atoms with Crippen LogP contribution in [0.5, 0.6) is 0 Å². The molecule has 3 N–H and O–H groups in total. The number of benzene rings is 2. The summed E-state index contributed by atoms with van der Waals surface area (Å²) >= 11 is 0. The molecule has 0 unspecified atom stereocenters. The Balaban J connectivity index is 0.00000176. The van der Waals surface area contributed by atoms with Crippen LogP contribution in [0.2, 0.25) is 0 Å². The molecule has 6 heteroatoms. The molecule has 114 valence electrons. The first-order chi connectivity index (χ1) is 10.2. The Morgan fingerprint density at radius 2 is 1.82 bits per heavy atom. The lowest BCUT2D eigenvalue weighted by atomic mass is 10.3. The highest BCUT2D eigenvalue weighted by molar-refractivity contribution is 14.0. The first kappa shape index (κ1) is 16.3. The van der Waals surface area contributed by atoms with Crippen LogP contribution in [-0.4, -0.2) is 15.5 Å². The Bertz CT molecular complexity index is 780. The third-order valence-corrected chi connectivity index (χ3v) is 3.32. The topological polar surface area (TPSA) is 68.2 Å². The molecule has 2 aromatic carbocycles. The van der Waals surface area contributed by atoms with Crippen LogP contribution >= 0.6 is 24.0 Å². The normalized spacial score (nSPS) is 11.2. The van der Waals surface area contributed by atoms with Crippen LogP contribution in [-0.2, 0) is 13.6 Å². The molecule has 0 atom stereocenters. The van der Waals surface area contributed by atoms with E-state index in [9.17, 15) is 0 Å². The second kappa shape index (κ2) is 7.26. The molecular weight excluding hydrogens is 389 g/mol. The van der Waals surface area contributed by atoms with Crippen LogP contribution < -0.4 is 11.1 Å². The summed E-state index contributed by atoms with van der Waals surface area (Å²) in [6.45, 7) is 0.441. The van der Waals surface area contributed by atoms with Crippen molar-refractivity contribution >= 4 is 46.7 Å². The Kier molecular flexibility index (Phi) is 5.37. The lowest BCUT2D eigenvalue weighted by molar-refractivity contribution is 0.812. The van der Waals surface area contributed by atoms with Gasteiger partial charge in [0, 0.05) is 12.7 Å². The molecule has 3 aromatic rings. The molecule has 0 aliphatic carbocycles. The van der Waals surface area contributed by atoms with E-state index in [1.165, 1.54) is 0 Å². The van der Waals surface area contributed by atoms with Gasteiger partial charge in [0.15, 0.2) is 5.96 Å². The van der Waals surface area contributed by atoms with Crippen molar-refractivity contribution in [2.24, 2.45) is 17.8 Å². The van der Waals surface area contributed by atoms with Crippen molar-refractivity contribution < 1.29 is 0 Å². The summed E-state index contributed by atoms with van der Waals surface area (Å²) in [6, 6.07) is 17.8. The molecule has 0 amide bonds. The molecule has 0 saturated heterocycles. The van der Waals surface area contributed by atoms with Crippen LogP contribution in [0.15, 0.2) is 59.6 Å². The van der Waals surface area contributed by atoms with Crippen molar-refractivity contribution in [2.75, 3.05) is 5.32 Å². The van der Waals surface area contributed by atoms with Crippen molar-refractivity contribution in [3.8, 4) is 0 Å². The number of aliphatic imine (C=N–C) groups is 1. The standard InChI is InChI=1S/C16H17N5.HI/c1-21-14-10-6-5-9-13(14)20-15(21)11-18-16(17)19-12-7-3-2-4-8-12;/h2-10H,11H2,1H3,(H3,17,18,19);1H. The molecule has 5 nitrogen and oxygen atoms in total. The van der Waals surface area contributed by atoms with Crippen molar-refractivity contribution in [3.63, 3.8) is 0 Å². The highest BCUT2D eigenvalue weighted by atomic mass is 127.